The van der Waals surface area contributed by atoms with Crippen LogP contribution in [0.2, 0.25) is 5.15 Å². The number of aromatic nitrogens is 1. The monoisotopic (exact) mass is 369 g/mol. The molecule has 1 N–H and O–H groups in total. The first kappa shape index (κ1) is 16.7. The van der Waals surface area contributed by atoms with E-state index in [0.29, 0.717) is 17.6 Å². The van der Waals surface area contributed by atoms with Gasteiger partial charge in [-0.25, -0.2) is 4.98 Å². The van der Waals surface area contributed by atoms with Crippen LogP contribution in [0.3, 0.4) is 0 Å². The fourth-order valence-electron chi connectivity index (χ4n) is 1.55. The molecule has 0 aromatic carbocycles. The summed E-state index contributed by atoms with van der Waals surface area (Å²) in [7, 11) is -3.60. The van der Waals surface area contributed by atoms with Gasteiger partial charge in [0, 0.05) is 23.8 Å². The summed E-state index contributed by atoms with van der Waals surface area (Å²) < 4.78 is 29.1. The van der Waals surface area contributed by atoms with E-state index in [1.807, 2.05) is 13.8 Å². The van der Waals surface area contributed by atoms with Crippen LogP contribution in [0.25, 0.3) is 0 Å². The summed E-state index contributed by atoms with van der Waals surface area (Å²) in [6, 6.07) is 1.59. The van der Waals surface area contributed by atoms with Gasteiger partial charge in [0.25, 0.3) is 0 Å². The van der Waals surface area contributed by atoms with E-state index >= 15 is 0 Å². The Bertz CT molecular complexity index is 519. The summed E-state index contributed by atoms with van der Waals surface area (Å²) in [5.74, 6) is 0. The summed E-state index contributed by atoms with van der Waals surface area (Å²) in [4.78, 5) is 3.89. The molecule has 1 aromatic rings. The number of nitrogens with one attached hydrogen (secondary N) is 1. The van der Waals surface area contributed by atoms with Crippen molar-refractivity contribution in [1.82, 2.24) is 9.29 Å². The van der Waals surface area contributed by atoms with Crippen LogP contribution >= 0.6 is 27.5 Å². The van der Waals surface area contributed by atoms with Crippen molar-refractivity contribution in [3.8, 4) is 0 Å². The molecule has 108 valence electrons. The number of halogens is 2. The second-order valence-electron chi connectivity index (χ2n) is 4.00. The molecule has 0 spiro atoms. The number of hydrogen-bond donors (Lipinski definition) is 1. The van der Waals surface area contributed by atoms with Crippen molar-refractivity contribution in [2.75, 3.05) is 17.8 Å². The fraction of sp³-hybridized carbons (Fsp3) is 0.545. The van der Waals surface area contributed by atoms with Gasteiger partial charge in [-0.1, -0.05) is 25.4 Å². The van der Waals surface area contributed by atoms with Crippen molar-refractivity contribution < 1.29 is 8.42 Å². The molecule has 0 aliphatic carbocycles. The highest BCUT2D eigenvalue weighted by atomic mass is 79.9. The SMILES string of the molecule is CCCN(CCC)S(=O)(=O)Nc1cc(Br)cnc1Cl. The predicted octanol–water partition coefficient (Wildman–Crippen LogP) is 3.28. The Hall–Kier alpha value is -0.370. The molecule has 0 aliphatic heterocycles. The van der Waals surface area contributed by atoms with Gasteiger partial charge in [0.05, 0.1) is 5.69 Å². The van der Waals surface area contributed by atoms with E-state index < -0.39 is 10.2 Å². The van der Waals surface area contributed by atoms with E-state index in [1.54, 1.807) is 6.07 Å². The average Bonchev–Trinajstić information content (AvgIpc) is 2.33. The van der Waals surface area contributed by atoms with Crippen molar-refractivity contribution in [2.24, 2.45) is 0 Å². The first-order valence-electron chi connectivity index (χ1n) is 5.99. The van der Waals surface area contributed by atoms with E-state index in [9.17, 15) is 8.42 Å². The second-order valence-corrected chi connectivity index (χ2v) is 6.94. The lowest BCUT2D eigenvalue weighted by Crippen LogP contribution is -2.37. The maximum Gasteiger partial charge on any atom is 0.301 e. The molecule has 0 fully saturated rings. The third-order valence-corrected chi connectivity index (χ3v) is 4.59. The third kappa shape index (κ3) is 4.91. The molecule has 8 heteroatoms. The zero-order chi connectivity index (χ0) is 14.5. The molecule has 19 heavy (non-hydrogen) atoms. The average molecular weight is 371 g/mol. The Morgan fingerprint density at radius 3 is 2.47 bits per heavy atom. The van der Waals surface area contributed by atoms with Gasteiger partial charge >= 0.3 is 10.2 Å². The Labute approximate surface area is 127 Å². The van der Waals surface area contributed by atoms with Gasteiger partial charge in [-0.3, -0.25) is 4.72 Å². The molecule has 0 atom stereocenters. The topological polar surface area (TPSA) is 62.3 Å². The van der Waals surface area contributed by atoms with Gasteiger partial charge in [-0.2, -0.15) is 12.7 Å². The minimum atomic E-state index is -3.60. The Morgan fingerprint density at radius 2 is 1.95 bits per heavy atom. The van der Waals surface area contributed by atoms with Crippen LogP contribution in [0.15, 0.2) is 16.7 Å². The van der Waals surface area contributed by atoms with Gasteiger partial charge in [0.1, 0.15) is 0 Å². The summed E-state index contributed by atoms with van der Waals surface area (Å²) in [6.45, 7) is 4.82. The van der Waals surface area contributed by atoms with Gasteiger partial charge in [-0.05, 0) is 34.8 Å². The van der Waals surface area contributed by atoms with Crippen molar-refractivity contribution in [1.29, 1.82) is 0 Å². The second kappa shape index (κ2) is 7.42. The first-order chi connectivity index (χ1) is 8.90. The van der Waals surface area contributed by atoms with Crippen molar-refractivity contribution in [2.45, 2.75) is 26.7 Å². The van der Waals surface area contributed by atoms with Crippen LogP contribution < -0.4 is 4.72 Å². The van der Waals surface area contributed by atoms with Gasteiger partial charge in [-0.15, -0.1) is 0 Å². The van der Waals surface area contributed by atoms with E-state index in [0.717, 1.165) is 12.8 Å². The molecule has 0 aliphatic rings. The lowest BCUT2D eigenvalue weighted by atomic mass is 10.4. The minimum Gasteiger partial charge on any atom is -0.268 e. The largest absolute Gasteiger partial charge is 0.301 e. The van der Waals surface area contributed by atoms with E-state index in [2.05, 4.69) is 25.6 Å². The number of anilines is 1. The van der Waals surface area contributed by atoms with Crippen LogP contribution in [0.4, 0.5) is 5.69 Å². The predicted molar refractivity (Wildman–Crippen MR) is 81.6 cm³/mol. The van der Waals surface area contributed by atoms with E-state index in [1.165, 1.54) is 10.5 Å². The van der Waals surface area contributed by atoms with Crippen LogP contribution in [-0.2, 0) is 10.2 Å². The number of pyridine rings is 1. The molecule has 0 saturated carbocycles. The molecule has 0 radical (unpaired) electrons. The third-order valence-electron chi connectivity index (χ3n) is 2.33. The first-order valence-corrected chi connectivity index (χ1v) is 8.60. The molecule has 0 bridgehead atoms. The smallest absolute Gasteiger partial charge is 0.268 e. The Kier molecular flexibility index (Phi) is 6.52. The van der Waals surface area contributed by atoms with Gasteiger partial charge in [0.15, 0.2) is 5.15 Å². The molecule has 5 nitrogen and oxygen atoms in total. The molecular weight excluding hydrogens is 354 g/mol. The van der Waals surface area contributed by atoms with Crippen LogP contribution in [0.1, 0.15) is 26.7 Å². The molecule has 0 unspecified atom stereocenters. The maximum atomic E-state index is 12.3. The summed E-state index contributed by atoms with van der Waals surface area (Å²) in [5.41, 5.74) is 0.272. The molecule has 1 aromatic heterocycles. The highest BCUT2D eigenvalue weighted by Gasteiger charge is 2.21. The molecule has 0 amide bonds. The summed E-state index contributed by atoms with van der Waals surface area (Å²) >= 11 is 9.12. The highest BCUT2D eigenvalue weighted by molar-refractivity contribution is 9.10. The normalized spacial score (nSPS) is 11.8. The Morgan fingerprint density at radius 1 is 1.37 bits per heavy atom. The molecule has 1 rings (SSSR count). The standard InChI is InChI=1S/C11H17BrClN3O2S/c1-3-5-16(6-4-2)19(17,18)15-10-7-9(12)8-14-11(10)13/h7-8,15H,3-6H2,1-2H3. The van der Waals surface area contributed by atoms with Crippen LogP contribution in [0, 0.1) is 0 Å². The lowest BCUT2D eigenvalue weighted by Gasteiger charge is -2.22. The summed E-state index contributed by atoms with van der Waals surface area (Å²) in [6.07, 6.45) is 3.02. The van der Waals surface area contributed by atoms with Crippen LogP contribution in [0.5, 0.6) is 0 Å². The van der Waals surface area contributed by atoms with Gasteiger partial charge in [0.2, 0.25) is 0 Å². The molecule has 1 heterocycles. The molecular formula is C11H17BrClN3O2S. The van der Waals surface area contributed by atoms with Crippen molar-refractivity contribution >= 4 is 43.4 Å². The van der Waals surface area contributed by atoms with Crippen LogP contribution in [-0.4, -0.2) is 30.8 Å². The maximum absolute atomic E-state index is 12.3. The van der Waals surface area contributed by atoms with E-state index in [4.69, 9.17) is 11.6 Å². The van der Waals surface area contributed by atoms with Gasteiger partial charge < -0.3 is 0 Å². The Balaban J connectivity index is 2.96. The number of rotatable bonds is 7. The zero-order valence-corrected chi connectivity index (χ0v) is 14.0. The summed E-state index contributed by atoms with van der Waals surface area (Å²) in [5, 5.41) is 0.125. The van der Waals surface area contributed by atoms with Crippen molar-refractivity contribution in [3.05, 3.63) is 21.9 Å². The lowest BCUT2D eigenvalue weighted by molar-refractivity contribution is 0.413. The number of nitrogens with zero attached hydrogens (tertiary/aromatic N) is 2. The number of hydrogen-bond acceptors (Lipinski definition) is 3. The van der Waals surface area contributed by atoms with Crippen molar-refractivity contribution in [3.63, 3.8) is 0 Å². The molecule has 0 saturated heterocycles. The highest BCUT2D eigenvalue weighted by Crippen LogP contribution is 2.24. The quantitative estimate of drug-likeness (QED) is 0.749. The minimum absolute atomic E-state index is 0.125. The zero-order valence-electron chi connectivity index (χ0n) is 10.9. The fourth-order valence-corrected chi connectivity index (χ4v) is 3.50. The van der Waals surface area contributed by atoms with E-state index in [-0.39, 0.29) is 10.8 Å².